The Balaban J connectivity index is 1.81. The van der Waals surface area contributed by atoms with Gasteiger partial charge in [0, 0.05) is 18.9 Å². The largest absolute Gasteiger partial charge is 0.327 e. The van der Waals surface area contributed by atoms with Crippen LogP contribution in [0.2, 0.25) is 0 Å². The topological polar surface area (TPSA) is 26.0 Å². The summed E-state index contributed by atoms with van der Waals surface area (Å²) in [4.78, 5) is 0. The summed E-state index contributed by atoms with van der Waals surface area (Å²) >= 11 is 0. The molecule has 0 aromatic carbocycles. The first-order chi connectivity index (χ1) is 6.41. The van der Waals surface area contributed by atoms with E-state index in [-0.39, 0.29) is 30.2 Å². The van der Waals surface area contributed by atoms with Crippen LogP contribution in [0.3, 0.4) is 0 Å². The molecule has 2 fully saturated rings. The molecular weight excluding hydrogens is 184 g/mol. The van der Waals surface area contributed by atoms with E-state index in [9.17, 15) is 8.78 Å². The average molecular weight is 203 g/mol. The van der Waals surface area contributed by atoms with Gasteiger partial charge in [0.25, 0.3) is 0 Å². The summed E-state index contributed by atoms with van der Waals surface area (Å²) < 4.78 is 25.8. The molecule has 82 valence electrons. The molecule has 0 aromatic heterocycles. The molecule has 2 atom stereocenters. The van der Waals surface area contributed by atoms with Crippen molar-refractivity contribution in [1.29, 1.82) is 0 Å². The van der Waals surface area contributed by atoms with Crippen molar-refractivity contribution >= 4 is 0 Å². The van der Waals surface area contributed by atoms with Crippen LogP contribution >= 0.6 is 0 Å². The maximum Gasteiger partial charge on any atom is 0.248 e. The van der Waals surface area contributed by atoms with Crippen molar-refractivity contribution in [3.63, 3.8) is 0 Å². The van der Waals surface area contributed by atoms with E-state index in [1.54, 1.807) is 0 Å². The molecule has 2 rings (SSSR count). The molecule has 2 unspecified atom stereocenters. The normalized spacial score (nSPS) is 35.6. The second kappa shape index (κ2) is 3.16. The van der Waals surface area contributed by atoms with Crippen molar-refractivity contribution in [3.05, 3.63) is 0 Å². The van der Waals surface area contributed by atoms with Gasteiger partial charge in [0.05, 0.1) is 0 Å². The highest BCUT2D eigenvalue weighted by molar-refractivity contribution is 4.98. The fourth-order valence-corrected chi connectivity index (χ4v) is 2.45. The lowest BCUT2D eigenvalue weighted by Gasteiger charge is -2.22. The average Bonchev–Trinajstić information content (AvgIpc) is 2.72. The lowest BCUT2D eigenvalue weighted by atomic mass is 9.89. The fourth-order valence-electron chi connectivity index (χ4n) is 2.45. The number of hydrogen-bond acceptors (Lipinski definition) is 1. The van der Waals surface area contributed by atoms with Gasteiger partial charge in [-0.3, -0.25) is 0 Å². The molecule has 2 saturated carbocycles. The highest BCUT2D eigenvalue weighted by Gasteiger charge is 2.46. The quantitative estimate of drug-likeness (QED) is 0.749. The van der Waals surface area contributed by atoms with E-state index in [1.807, 2.05) is 0 Å². The zero-order valence-electron chi connectivity index (χ0n) is 8.73. The van der Waals surface area contributed by atoms with Crippen LogP contribution in [-0.4, -0.2) is 12.0 Å². The summed E-state index contributed by atoms with van der Waals surface area (Å²) in [5.74, 6) is -2.24. The van der Waals surface area contributed by atoms with Crippen molar-refractivity contribution in [1.82, 2.24) is 0 Å². The maximum absolute atomic E-state index is 12.9. The molecule has 0 amide bonds. The lowest BCUT2D eigenvalue weighted by Crippen LogP contribution is -2.31. The molecule has 0 aliphatic heterocycles. The summed E-state index contributed by atoms with van der Waals surface area (Å²) in [7, 11) is 0. The Kier molecular flexibility index (Phi) is 2.33. The van der Waals surface area contributed by atoms with Crippen molar-refractivity contribution < 1.29 is 8.78 Å². The Bertz CT molecular complexity index is 223. The van der Waals surface area contributed by atoms with E-state index in [0.29, 0.717) is 6.42 Å². The Labute approximate surface area is 84.0 Å². The number of hydrogen-bond donors (Lipinski definition) is 1. The molecule has 2 N–H and O–H groups in total. The van der Waals surface area contributed by atoms with Gasteiger partial charge in [-0.05, 0) is 37.0 Å². The molecule has 0 spiro atoms. The minimum atomic E-state index is -2.41. The molecule has 2 aliphatic rings. The first-order valence-corrected chi connectivity index (χ1v) is 5.55. The van der Waals surface area contributed by atoms with Crippen molar-refractivity contribution in [2.24, 2.45) is 17.1 Å². The fraction of sp³-hybridized carbons (Fsp3) is 1.00. The third kappa shape index (κ3) is 2.08. The first-order valence-electron chi connectivity index (χ1n) is 5.55. The van der Waals surface area contributed by atoms with Gasteiger partial charge in [-0.1, -0.05) is 6.92 Å². The van der Waals surface area contributed by atoms with E-state index in [4.69, 9.17) is 5.73 Å². The van der Waals surface area contributed by atoms with Crippen LogP contribution in [0.15, 0.2) is 0 Å². The molecule has 0 saturated heterocycles. The molecule has 3 heteroatoms. The monoisotopic (exact) mass is 203 g/mol. The standard InChI is InChI=1S/C11H19F2N/c1-10(4-5-10)9(14)6-8-2-3-11(12,13)7-8/h8-9H,2-7,14H2,1H3. The molecule has 0 bridgehead atoms. The van der Waals surface area contributed by atoms with Gasteiger partial charge >= 0.3 is 0 Å². The van der Waals surface area contributed by atoms with E-state index < -0.39 is 5.92 Å². The third-order valence-electron chi connectivity index (χ3n) is 4.03. The zero-order valence-corrected chi connectivity index (χ0v) is 8.73. The van der Waals surface area contributed by atoms with Crippen LogP contribution in [0.1, 0.15) is 45.4 Å². The summed E-state index contributed by atoms with van der Waals surface area (Å²) in [6.45, 7) is 2.17. The molecular formula is C11H19F2N. The molecule has 0 radical (unpaired) electrons. The van der Waals surface area contributed by atoms with Gasteiger partial charge in [-0.25, -0.2) is 8.78 Å². The lowest BCUT2D eigenvalue weighted by molar-refractivity contribution is 0.00419. The van der Waals surface area contributed by atoms with Crippen LogP contribution in [0.25, 0.3) is 0 Å². The summed E-state index contributed by atoms with van der Waals surface area (Å²) in [5.41, 5.74) is 6.31. The predicted octanol–water partition coefficient (Wildman–Crippen LogP) is 2.94. The van der Waals surface area contributed by atoms with Crippen LogP contribution in [0, 0.1) is 11.3 Å². The molecule has 14 heavy (non-hydrogen) atoms. The predicted molar refractivity (Wildman–Crippen MR) is 52.2 cm³/mol. The summed E-state index contributed by atoms with van der Waals surface area (Å²) in [6.07, 6.45) is 3.95. The molecule has 0 aromatic rings. The Morgan fingerprint density at radius 3 is 2.43 bits per heavy atom. The van der Waals surface area contributed by atoms with Crippen molar-refractivity contribution in [2.75, 3.05) is 0 Å². The Morgan fingerprint density at radius 2 is 2.00 bits per heavy atom. The van der Waals surface area contributed by atoms with Crippen LogP contribution in [0.4, 0.5) is 8.78 Å². The van der Waals surface area contributed by atoms with E-state index >= 15 is 0 Å². The van der Waals surface area contributed by atoms with E-state index in [2.05, 4.69) is 6.92 Å². The number of rotatable bonds is 3. The number of alkyl halides is 2. The number of nitrogens with two attached hydrogens (primary N) is 1. The second-order valence-corrected chi connectivity index (χ2v) is 5.46. The SMILES string of the molecule is CC1(C(N)CC2CCC(F)(F)C2)CC1. The maximum atomic E-state index is 12.9. The van der Waals surface area contributed by atoms with Crippen molar-refractivity contribution in [3.8, 4) is 0 Å². The smallest absolute Gasteiger partial charge is 0.248 e. The second-order valence-electron chi connectivity index (χ2n) is 5.46. The van der Waals surface area contributed by atoms with Crippen LogP contribution in [-0.2, 0) is 0 Å². The van der Waals surface area contributed by atoms with E-state index in [0.717, 1.165) is 6.42 Å². The van der Waals surface area contributed by atoms with Gasteiger partial charge < -0.3 is 5.73 Å². The minimum absolute atomic E-state index is 0.0663. The highest BCUT2D eigenvalue weighted by Crippen LogP contribution is 2.50. The van der Waals surface area contributed by atoms with Gasteiger partial charge in [-0.15, -0.1) is 0 Å². The van der Waals surface area contributed by atoms with Crippen LogP contribution < -0.4 is 5.73 Å². The molecule has 2 aliphatic carbocycles. The Hall–Kier alpha value is -0.180. The minimum Gasteiger partial charge on any atom is -0.327 e. The van der Waals surface area contributed by atoms with Gasteiger partial charge in [0.1, 0.15) is 0 Å². The molecule has 0 heterocycles. The van der Waals surface area contributed by atoms with E-state index in [1.165, 1.54) is 12.8 Å². The summed E-state index contributed by atoms with van der Waals surface area (Å²) in [5, 5.41) is 0. The van der Waals surface area contributed by atoms with Gasteiger partial charge in [0.15, 0.2) is 0 Å². The van der Waals surface area contributed by atoms with Crippen LogP contribution in [0.5, 0.6) is 0 Å². The van der Waals surface area contributed by atoms with Crippen molar-refractivity contribution in [2.45, 2.75) is 57.4 Å². The Morgan fingerprint density at radius 1 is 1.36 bits per heavy atom. The number of halogens is 2. The molecule has 1 nitrogen and oxygen atoms in total. The first kappa shape index (κ1) is 10.3. The highest BCUT2D eigenvalue weighted by atomic mass is 19.3. The summed E-state index contributed by atoms with van der Waals surface area (Å²) in [6, 6.07) is 0.140. The van der Waals surface area contributed by atoms with Gasteiger partial charge in [0.2, 0.25) is 5.92 Å². The van der Waals surface area contributed by atoms with Gasteiger partial charge in [-0.2, -0.15) is 0 Å². The third-order valence-corrected chi connectivity index (χ3v) is 4.03. The zero-order chi connectivity index (χ0) is 10.4.